The zero-order valence-corrected chi connectivity index (χ0v) is 11.1. The van der Waals surface area contributed by atoms with Crippen LogP contribution < -0.4 is 16.2 Å². The highest BCUT2D eigenvalue weighted by Gasteiger charge is 2.07. The molecule has 1 amide bonds. The van der Waals surface area contributed by atoms with Gasteiger partial charge >= 0.3 is 0 Å². The molecule has 1 aromatic carbocycles. The number of methoxy groups -OCH3 is 1. The number of amides is 1. The van der Waals surface area contributed by atoms with Crippen LogP contribution in [0.1, 0.15) is 16.8 Å². The minimum atomic E-state index is -0.564. The van der Waals surface area contributed by atoms with Gasteiger partial charge in [-0.3, -0.25) is 4.79 Å². The Bertz CT molecular complexity index is 410. The van der Waals surface area contributed by atoms with Crippen molar-refractivity contribution in [3.05, 3.63) is 23.8 Å². The average Bonchev–Trinajstić information content (AvgIpc) is 2.39. The molecule has 6 heteroatoms. The largest absolute Gasteiger partial charge is 0.493 e. The molecule has 19 heavy (non-hydrogen) atoms. The highest BCUT2D eigenvalue weighted by atomic mass is 16.5. The fraction of sp³-hybridized carbons (Fsp3) is 0.462. The van der Waals surface area contributed by atoms with Crippen molar-refractivity contribution in [2.24, 2.45) is 5.73 Å². The van der Waals surface area contributed by atoms with Crippen molar-refractivity contribution in [3.63, 3.8) is 0 Å². The number of hydrogen-bond donors (Lipinski definition) is 2. The van der Waals surface area contributed by atoms with Crippen molar-refractivity contribution < 1.29 is 19.0 Å². The quantitative estimate of drug-likeness (QED) is 0.510. The second kappa shape index (κ2) is 8.34. The van der Waals surface area contributed by atoms with Crippen LogP contribution in [0.5, 0.6) is 5.75 Å². The maximum absolute atomic E-state index is 11.1. The molecular weight excluding hydrogens is 248 g/mol. The van der Waals surface area contributed by atoms with Gasteiger partial charge in [0.25, 0.3) is 5.91 Å². The van der Waals surface area contributed by atoms with Gasteiger partial charge in [0.1, 0.15) is 5.75 Å². The van der Waals surface area contributed by atoms with Crippen LogP contribution in [0.15, 0.2) is 18.2 Å². The summed E-state index contributed by atoms with van der Waals surface area (Å²) in [5.41, 5.74) is 11.4. The van der Waals surface area contributed by atoms with Crippen LogP contribution in [0.3, 0.4) is 0 Å². The lowest BCUT2D eigenvalue weighted by Crippen LogP contribution is -2.14. The van der Waals surface area contributed by atoms with E-state index in [1.54, 1.807) is 25.3 Å². The van der Waals surface area contributed by atoms with Crippen LogP contribution in [0.2, 0.25) is 0 Å². The zero-order chi connectivity index (χ0) is 14.1. The molecule has 0 aliphatic rings. The molecule has 1 aromatic rings. The Balaban J connectivity index is 2.30. The van der Waals surface area contributed by atoms with Crippen molar-refractivity contribution in [1.82, 2.24) is 0 Å². The monoisotopic (exact) mass is 268 g/mol. The number of carbonyl (C=O) groups excluding carboxylic acids is 1. The Labute approximate surface area is 112 Å². The molecule has 4 N–H and O–H groups in total. The Hall–Kier alpha value is -1.79. The molecule has 1 rings (SSSR count). The molecule has 0 fully saturated rings. The molecule has 0 spiro atoms. The molecule has 0 heterocycles. The molecule has 0 radical (unpaired) electrons. The second-order valence-corrected chi connectivity index (χ2v) is 3.92. The summed E-state index contributed by atoms with van der Waals surface area (Å²) in [6, 6.07) is 4.85. The van der Waals surface area contributed by atoms with Gasteiger partial charge in [-0.1, -0.05) is 0 Å². The van der Waals surface area contributed by atoms with Crippen molar-refractivity contribution in [2.45, 2.75) is 6.42 Å². The van der Waals surface area contributed by atoms with E-state index in [9.17, 15) is 4.79 Å². The van der Waals surface area contributed by atoms with Crippen LogP contribution in [0.25, 0.3) is 0 Å². The summed E-state index contributed by atoms with van der Waals surface area (Å²) in [7, 11) is 1.63. The second-order valence-electron chi connectivity index (χ2n) is 3.92. The topological polar surface area (TPSA) is 96.8 Å². The first-order valence-electron chi connectivity index (χ1n) is 6.04. The summed E-state index contributed by atoms with van der Waals surface area (Å²) in [5.74, 6) is 0.00532. The normalized spacial score (nSPS) is 10.4. The minimum Gasteiger partial charge on any atom is -0.493 e. The number of hydrogen-bond acceptors (Lipinski definition) is 5. The van der Waals surface area contributed by atoms with Crippen LogP contribution in [-0.2, 0) is 9.47 Å². The third kappa shape index (κ3) is 5.58. The van der Waals surface area contributed by atoms with E-state index in [1.165, 1.54) is 0 Å². The number of benzene rings is 1. The van der Waals surface area contributed by atoms with E-state index in [1.807, 2.05) is 0 Å². The fourth-order valence-electron chi connectivity index (χ4n) is 1.43. The number of rotatable bonds is 9. The Morgan fingerprint density at radius 3 is 2.68 bits per heavy atom. The first kappa shape index (κ1) is 15.3. The van der Waals surface area contributed by atoms with Crippen LogP contribution in [-0.4, -0.2) is 39.4 Å². The third-order valence-electron chi connectivity index (χ3n) is 2.42. The predicted octanol–water partition coefficient (Wildman–Crippen LogP) is 0.800. The van der Waals surface area contributed by atoms with Crippen molar-refractivity contribution >= 4 is 11.6 Å². The summed E-state index contributed by atoms with van der Waals surface area (Å²) >= 11 is 0. The van der Waals surface area contributed by atoms with E-state index in [-0.39, 0.29) is 5.56 Å². The van der Waals surface area contributed by atoms with Crippen LogP contribution in [0, 0.1) is 0 Å². The van der Waals surface area contributed by atoms with E-state index < -0.39 is 5.91 Å². The molecule has 0 aromatic heterocycles. The maximum Gasteiger partial charge on any atom is 0.250 e. The van der Waals surface area contributed by atoms with Crippen LogP contribution >= 0.6 is 0 Å². The Morgan fingerprint density at radius 1 is 1.21 bits per heavy atom. The summed E-state index contributed by atoms with van der Waals surface area (Å²) < 4.78 is 15.6. The first-order chi connectivity index (χ1) is 9.15. The molecule has 106 valence electrons. The summed E-state index contributed by atoms with van der Waals surface area (Å²) in [4.78, 5) is 11.1. The number of nitrogens with two attached hydrogens (primary N) is 2. The highest BCUT2D eigenvalue weighted by Crippen LogP contribution is 2.19. The van der Waals surface area contributed by atoms with E-state index in [4.69, 9.17) is 25.7 Å². The number of ether oxygens (including phenoxy) is 3. The Kier molecular flexibility index (Phi) is 6.70. The van der Waals surface area contributed by atoms with Gasteiger partial charge in [0, 0.05) is 25.8 Å². The van der Waals surface area contributed by atoms with Gasteiger partial charge in [-0.15, -0.1) is 0 Å². The molecule has 0 atom stereocenters. The standard InChI is InChI=1S/C13H20N2O4/c1-17-7-8-18-5-2-6-19-10-3-4-12(14)11(9-10)13(15)16/h3-4,9H,2,5-8,14H2,1H3,(H2,15,16). The first-order valence-corrected chi connectivity index (χ1v) is 6.04. The van der Waals surface area contributed by atoms with Gasteiger partial charge < -0.3 is 25.7 Å². The SMILES string of the molecule is COCCOCCCOc1ccc(N)c(C(N)=O)c1. The molecule has 0 aliphatic carbocycles. The molecule has 0 unspecified atom stereocenters. The predicted molar refractivity (Wildman–Crippen MR) is 72.2 cm³/mol. The number of anilines is 1. The van der Waals surface area contributed by atoms with Crippen molar-refractivity contribution in [1.29, 1.82) is 0 Å². The van der Waals surface area contributed by atoms with Gasteiger partial charge in [0.15, 0.2) is 0 Å². The zero-order valence-electron chi connectivity index (χ0n) is 11.1. The molecule has 6 nitrogen and oxygen atoms in total. The van der Waals surface area contributed by atoms with Crippen LogP contribution in [0.4, 0.5) is 5.69 Å². The lowest BCUT2D eigenvalue weighted by molar-refractivity contribution is 0.0644. The molecule has 0 bridgehead atoms. The Morgan fingerprint density at radius 2 is 2.00 bits per heavy atom. The summed E-state index contributed by atoms with van der Waals surface area (Å²) in [6.07, 6.45) is 0.750. The minimum absolute atomic E-state index is 0.272. The number of carbonyl (C=O) groups is 1. The van der Waals surface area contributed by atoms with Crippen molar-refractivity contribution in [2.75, 3.05) is 39.3 Å². The summed E-state index contributed by atoms with van der Waals surface area (Å²) in [6.45, 7) is 2.25. The lowest BCUT2D eigenvalue weighted by Gasteiger charge is -2.09. The van der Waals surface area contributed by atoms with E-state index in [0.717, 1.165) is 6.42 Å². The molecule has 0 aliphatic heterocycles. The van der Waals surface area contributed by atoms with Gasteiger partial charge in [0.2, 0.25) is 0 Å². The third-order valence-corrected chi connectivity index (χ3v) is 2.42. The van der Waals surface area contributed by atoms with E-state index in [0.29, 0.717) is 37.9 Å². The van der Waals surface area contributed by atoms with Gasteiger partial charge in [-0.05, 0) is 18.2 Å². The number of nitrogen functional groups attached to an aromatic ring is 1. The van der Waals surface area contributed by atoms with Crippen molar-refractivity contribution in [3.8, 4) is 5.75 Å². The fourth-order valence-corrected chi connectivity index (χ4v) is 1.43. The highest BCUT2D eigenvalue weighted by molar-refractivity contribution is 5.98. The van der Waals surface area contributed by atoms with E-state index in [2.05, 4.69) is 0 Å². The number of primary amides is 1. The van der Waals surface area contributed by atoms with E-state index >= 15 is 0 Å². The smallest absolute Gasteiger partial charge is 0.250 e. The van der Waals surface area contributed by atoms with Gasteiger partial charge in [0.05, 0.1) is 25.4 Å². The summed E-state index contributed by atoms with van der Waals surface area (Å²) in [5, 5.41) is 0. The molecule has 0 saturated heterocycles. The lowest BCUT2D eigenvalue weighted by atomic mass is 10.1. The average molecular weight is 268 g/mol. The van der Waals surface area contributed by atoms with Gasteiger partial charge in [-0.25, -0.2) is 0 Å². The maximum atomic E-state index is 11.1. The van der Waals surface area contributed by atoms with Gasteiger partial charge in [-0.2, -0.15) is 0 Å². The molecule has 0 saturated carbocycles. The molecular formula is C13H20N2O4.